The molecule has 1 heterocycles. The zero-order chi connectivity index (χ0) is 7.61. The molecule has 0 unspecified atom stereocenters. The summed E-state index contributed by atoms with van der Waals surface area (Å²) in [4.78, 5) is 0. The average molecular weight is 142 g/mol. The van der Waals surface area contributed by atoms with Crippen molar-refractivity contribution in [1.29, 1.82) is 0 Å². The van der Waals surface area contributed by atoms with Gasteiger partial charge < -0.3 is 4.74 Å². The van der Waals surface area contributed by atoms with Crippen LogP contribution < -0.4 is 0 Å². The highest BCUT2D eigenvalue weighted by atomic mass is 16.5. The summed E-state index contributed by atoms with van der Waals surface area (Å²) < 4.78 is 5.61. The quantitative estimate of drug-likeness (QED) is 0.576. The number of hydrogen-bond acceptors (Lipinski definition) is 1. The maximum absolute atomic E-state index is 5.61. The minimum Gasteiger partial charge on any atom is -0.378 e. The zero-order valence-corrected chi connectivity index (χ0v) is 7.31. The van der Waals surface area contributed by atoms with Gasteiger partial charge in [-0.3, -0.25) is 0 Å². The van der Waals surface area contributed by atoms with Gasteiger partial charge in [0.2, 0.25) is 0 Å². The third-order valence-electron chi connectivity index (χ3n) is 2.10. The van der Waals surface area contributed by atoms with Crippen molar-refractivity contribution in [2.24, 2.45) is 5.41 Å². The molecular weight excluding hydrogens is 124 g/mol. The van der Waals surface area contributed by atoms with Crippen LogP contribution in [0.15, 0.2) is 0 Å². The van der Waals surface area contributed by atoms with Crippen molar-refractivity contribution in [3.8, 4) is 0 Å². The van der Waals surface area contributed by atoms with Gasteiger partial charge in [0.1, 0.15) is 0 Å². The van der Waals surface area contributed by atoms with E-state index in [9.17, 15) is 0 Å². The first-order valence-electron chi connectivity index (χ1n) is 4.26. The molecule has 0 saturated carbocycles. The normalized spacial score (nSPS) is 30.9. The summed E-state index contributed by atoms with van der Waals surface area (Å²) in [5, 5.41) is 0. The molecule has 60 valence electrons. The van der Waals surface area contributed by atoms with Crippen LogP contribution in [0.2, 0.25) is 0 Å². The summed E-state index contributed by atoms with van der Waals surface area (Å²) in [5.41, 5.74) is 0.444. The first-order chi connectivity index (χ1) is 4.64. The van der Waals surface area contributed by atoms with Crippen LogP contribution in [0.1, 0.15) is 40.0 Å². The van der Waals surface area contributed by atoms with Gasteiger partial charge in [-0.05, 0) is 18.3 Å². The van der Waals surface area contributed by atoms with Gasteiger partial charge in [-0.15, -0.1) is 0 Å². The van der Waals surface area contributed by atoms with Gasteiger partial charge in [-0.1, -0.05) is 27.2 Å². The van der Waals surface area contributed by atoms with Crippen LogP contribution >= 0.6 is 0 Å². The molecule has 1 atom stereocenters. The zero-order valence-electron chi connectivity index (χ0n) is 7.31. The molecule has 1 nitrogen and oxygen atoms in total. The molecule has 1 saturated heterocycles. The second-order valence-electron chi connectivity index (χ2n) is 4.09. The van der Waals surface area contributed by atoms with Crippen LogP contribution in [0.3, 0.4) is 0 Å². The predicted molar refractivity (Wildman–Crippen MR) is 43.0 cm³/mol. The third kappa shape index (κ3) is 1.98. The van der Waals surface area contributed by atoms with Crippen molar-refractivity contribution in [3.05, 3.63) is 0 Å². The average Bonchev–Trinajstić information content (AvgIpc) is 2.12. The molecule has 1 fully saturated rings. The van der Waals surface area contributed by atoms with Crippen molar-refractivity contribution in [2.75, 3.05) is 6.61 Å². The van der Waals surface area contributed by atoms with E-state index in [4.69, 9.17) is 4.74 Å². The Labute approximate surface area is 63.8 Å². The smallest absolute Gasteiger partial charge is 0.0581 e. The van der Waals surface area contributed by atoms with Gasteiger partial charge in [0.25, 0.3) is 0 Å². The fourth-order valence-electron chi connectivity index (χ4n) is 1.58. The highest BCUT2D eigenvalue weighted by Crippen LogP contribution is 2.32. The molecule has 0 aromatic carbocycles. The van der Waals surface area contributed by atoms with Crippen LogP contribution in [0.25, 0.3) is 0 Å². The molecule has 0 N–H and O–H groups in total. The Bertz CT molecular complexity index is 107. The van der Waals surface area contributed by atoms with E-state index in [-0.39, 0.29) is 0 Å². The first-order valence-corrected chi connectivity index (χ1v) is 4.26. The maximum atomic E-state index is 5.61. The molecule has 1 heteroatoms. The maximum Gasteiger partial charge on any atom is 0.0581 e. The van der Waals surface area contributed by atoms with Crippen molar-refractivity contribution < 1.29 is 4.74 Å². The Balaban J connectivity index is 2.29. The minimum atomic E-state index is 0.444. The molecule has 1 rings (SSSR count). The number of rotatable bonds is 2. The Morgan fingerprint density at radius 1 is 1.50 bits per heavy atom. The molecule has 0 radical (unpaired) electrons. The van der Waals surface area contributed by atoms with Crippen molar-refractivity contribution >= 4 is 0 Å². The van der Waals surface area contributed by atoms with E-state index in [1.54, 1.807) is 0 Å². The van der Waals surface area contributed by atoms with Crippen LogP contribution in [-0.2, 0) is 4.74 Å². The molecular formula is C9H18O. The Morgan fingerprint density at radius 2 is 2.20 bits per heavy atom. The Morgan fingerprint density at radius 3 is 2.60 bits per heavy atom. The SMILES string of the molecule is CCC[C@@H]1CC(C)(C)CO1. The highest BCUT2D eigenvalue weighted by Gasteiger charge is 2.30. The second kappa shape index (κ2) is 2.91. The minimum absolute atomic E-state index is 0.444. The molecule has 0 aromatic rings. The largest absolute Gasteiger partial charge is 0.378 e. The molecule has 0 aromatic heterocycles. The lowest BCUT2D eigenvalue weighted by atomic mass is 9.90. The van der Waals surface area contributed by atoms with E-state index in [2.05, 4.69) is 20.8 Å². The molecule has 1 aliphatic heterocycles. The molecule has 0 amide bonds. The number of ether oxygens (including phenoxy) is 1. The second-order valence-corrected chi connectivity index (χ2v) is 4.09. The summed E-state index contributed by atoms with van der Waals surface area (Å²) in [6.07, 6.45) is 4.30. The standard InChI is InChI=1S/C9H18O/c1-4-5-8-6-9(2,3)7-10-8/h8H,4-7H2,1-3H3/t8-/m1/s1. The summed E-state index contributed by atoms with van der Waals surface area (Å²) in [6.45, 7) is 7.73. The monoisotopic (exact) mass is 142 g/mol. The predicted octanol–water partition coefficient (Wildman–Crippen LogP) is 2.60. The molecule has 0 bridgehead atoms. The van der Waals surface area contributed by atoms with Crippen molar-refractivity contribution in [2.45, 2.75) is 46.1 Å². The number of hydrogen-bond donors (Lipinski definition) is 0. The summed E-state index contributed by atoms with van der Waals surface area (Å²) in [6, 6.07) is 0. The van der Waals surface area contributed by atoms with E-state index in [1.807, 2.05) is 0 Å². The van der Waals surface area contributed by atoms with Crippen molar-refractivity contribution in [3.63, 3.8) is 0 Å². The molecule has 1 aliphatic rings. The highest BCUT2D eigenvalue weighted by molar-refractivity contribution is 4.79. The van der Waals surface area contributed by atoms with Gasteiger partial charge >= 0.3 is 0 Å². The van der Waals surface area contributed by atoms with Gasteiger partial charge in [0.05, 0.1) is 12.7 Å². The van der Waals surface area contributed by atoms with E-state index in [0.717, 1.165) is 6.61 Å². The van der Waals surface area contributed by atoms with Gasteiger partial charge in [0.15, 0.2) is 0 Å². The fraction of sp³-hybridized carbons (Fsp3) is 1.00. The van der Waals surface area contributed by atoms with E-state index in [1.165, 1.54) is 19.3 Å². The lowest BCUT2D eigenvalue weighted by Crippen LogP contribution is -2.10. The van der Waals surface area contributed by atoms with Crippen LogP contribution in [0.5, 0.6) is 0 Å². The lowest BCUT2D eigenvalue weighted by molar-refractivity contribution is 0.0934. The van der Waals surface area contributed by atoms with Gasteiger partial charge in [-0.2, -0.15) is 0 Å². The molecule has 0 spiro atoms. The van der Waals surface area contributed by atoms with Gasteiger partial charge in [-0.25, -0.2) is 0 Å². The lowest BCUT2D eigenvalue weighted by Gasteiger charge is -2.13. The van der Waals surface area contributed by atoms with Gasteiger partial charge in [0, 0.05) is 0 Å². The van der Waals surface area contributed by atoms with Crippen LogP contribution in [0.4, 0.5) is 0 Å². The van der Waals surface area contributed by atoms with E-state index >= 15 is 0 Å². The summed E-state index contributed by atoms with van der Waals surface area (Å²) >= 11 is 0. The van der Waals surface area contributed by atoms with E-state index in [0.29, 0.717) is 11.5 Å². The summed E-state index contributed by atoms with van der Waals surface area (Å²) in [7, 11) is 0. The molecule has 0 aliphatic carbocycles. The molecule has 10 heavy (non-hydrogen) atoms. The van der Waals surface area contributed by atoms with E-state index < -0.39 is 0 Å². The fourth-order valence-corrected chi connectivity index (χ4v) is 1.58. The topological polar surface area (TPSA) is 9.23 Å². The Hall–Kier alpha value is -0.0400. The van der Waals surface area contributed by atoms with Crippen LogP contribution in [-0.4, -0.2) is 12.7 Å². The summed E-state index contributed by atoms with van der Waals surface area (Å²) in [5.74, 6) is 0. The van der Waals surface area contributed by atoms with Crippen LogP contribution in [0, 0.1) is 5.41 Å². The first kappa shape index (κ1) is 8.06. The Kier molecular flexibility index (Phi) is 2.35. The third-order valence-corrected chi connectivity index (χ3v) is 2.10. The van der Waals surface area contributed by atoms with Crippen molar-refractivity contribution in [1.82, 2.24) is 0 Å².